The van der Waals surface area contributed by atoms with Gasteiger partial charge in [0.25, 0.3) is 0 Å². The average molecular weight is 126 g/mol. The van der Waals surface area contributed by atoms with Crippen LogP contribution < -0.4 is 0 Å². The highest BCUT2D eigenvalue weighted by molar-refractivity contribution is 4.71. The van der Waals surface area contributed by atoms with E-state index >= 15 is 0 Å². The summed E-state index contributed by atoms with van der Waals surface area (Å²) in [5.74, 6) is 0.822. The van der Waals surface area contributed by atoms with Crippen LogP contribution in [0.1, 0.15) is 19.3 Å². The van der Waals surface area contributed by atoms with Gasteiger partial charge >= 0.3 is 0 Å². The summed E-state index contributed by atoms with van der Waals surface area (Å²) in [4.78, 5) is 0. The Labute approximate surface area is 56.7 Å². The SMILES string of the molecule is C=CCC[C@H]1CCOC1. The van der Waals surface area contributed by atoms with Gasteiger partial charge in [0.15, 0.2) is 0 Å². The Hall–Kier alpha value is -0.300. The lowest BCUT2D eigenvalue weighted by Crippen LogP contribution is -1.96. The highest BCUT2D eigenvalue weighted by Gasteiger charge is 2.13. The average Bonchev–Trinajstić information content (AvgIpc) is 2.34. The molecule has 0 aromatic carbocycles. The smallest absolute Gasteiger partial charge is 0.0495 e. The zero-order valence-corrected chi connectivity index (χ0v) is 5.81. The van der Waals surface area contributed by atoms with Crippen LogP contribution in [0, 0.1) is 5.92 Å². The molecule has 1 saturated heterocycles. The van der Waals surface area contributed by atoms with E-state index in [0.717, 1.165) is 25.6 Å². The highest BCUT2D eigenvalue weighted by atomic mass is 16.5. The van der Waals surface area contributed by atoms with E-state index in [1.165, 1.54) is 12.8 Å². The molecule has 0 aromatic heterocycles. The fourth-order valence-electron chi connectivity index (χ4n) is 1.16. The summed E-state index contributed by atoms with van der Waals surface area (Å²) in [5.41, 5.74) is 0. The molecule has 9 heavy (non-hydrogen) atoms. The standard InChI is InChI=1S/C8H14O/c1-2-3-4-8-5-6-9-7-8/h2,8H,1,3-7H2/t8-/m0/s1. The van der Waals surface area contributed by atoms with Crippen LogP contribution in [0.15, 0.2) is 12.7 Å². The molecule has 52 valence electrons. The molecular weight excluding hydrogens is 112 g/mol. The van der Waals surface area contributed by atoms with Gasteiger partial charge in [0.05, 0.1) is 0 Å². The summed E-state index contributed by atoms with van der Waals surface area (Å²) < 4.78 is 5.22. The first-order chi connectivity index (χ1) is 4.43. The van der Waals surface area contributed by atoms with Crippen LogP contribution in [0.2, 0.25) is 0 Å². The van der Waals surface area contributed by atoms with Crippen molar-refractivity contribution >= 4 is 0 Å². The maximum absolute atomic E-state index is 5.22. The molecule has 1 atom stereocenters. The van der Waals surface area contributed by atoms with Crippen LogP contribution in [0.25, 0.3) is 0 Å². The molecule has 0 spiro atoms. The van der Waals surface area contributed by atoms with Crippen molar-refractivity contribution in [3.63, 3.8) is 0 Å². The van der Waals surface area contributed by atoms with Gasteiger partial charge in [-0.2, -0.15) is 0 Å². The second-order valence-corrected chi connectivity index (χ2v) is 2.60. The number of ether oxygens (including phenoxy) is 1. The van der Waals surface area contributed by atoms with Gasteiger partial charge in [0.1, 0.15) is 0 Å². The lowest BCUT2D eigenvalue weighted by Gasteiger charge is -2.02. The molecule has 0 unspecified atom stereocenters. The van der Waals surface area contributed by atoms with Crippen molar-refractivity contribution in [1.29, 1.82) is 0 Å². The molecule has 1 heterocycles. The van der Waals surface area contributed by atoms with Gasteiger partial charge in [-0.1, -0.05) is 6.08 Å². The van der Waals surface area contributed by atoms with E-state index < -0.39 is 0 Å². The molecule has 1 aliphatic rings. The Morgan fingerprint density at radius 3 is 3.11 bits per heavy atom. The molecule has 1 rings (SSSR count). The molecule has 0 amide bonds. The van der Waals surface area contributed by atoms with Gasteiger partial charge in [-0.3, -0.25) is 0 Å². The molecule has 0 bridgehead atoms. The number of rotatable bonds is 3. The minimum Gasteiger partial charge on any atom is -0.381 e. The van der Waals surface area contributed by atoms with Gasteiger partial charge < -0.3 is 4.74 Å². The summed E-state index contributed by atoms with van der Waals surface area (Å²) in [6, 6.07) is 0. The summed E-state index contributed by atoms with van der Waals surface area (Å²) >= 11 is 0. The lowest BCUT2D eigenvalue weighted by molar-refractivity contribution is 0.184. The Morgan fingerprint density at radius 1 is 1.67 bits per heavy atom. The lowest BCUT2D eigenvalue weighted by atomic mass is 10.0. The fourth-order valence-corrected chi connectivity index (χ4v) is 1.16. The van der Waals surface area contributed by atoms with Crippen molar-refractivity contribution < 1.29 is 4.74 Å². The maximum atomic E-state index is 5.22. The molecule has 0 aliphatic carbocycles. The molecule has 1 heteroatoms. The topological polar surface area (TPSA) is 9.23 Å². The van der Waals surface area contributed by atoms with E-state index in [9.17, 15) is 0 Å². The minimum atomic E-state index is 0.822. The van der Waals surface area contributed by atoms with Crippen molar-refractivity contribution in [3.05, 3.63) is 12.7 Å². The molecule has 0 radical (unpaired) electrons. The van der Waals surface area contributed by atoms with E-state index in [0.29, 0.717) is 0 Å². The van der Waals surface area contributed by atoms with E-state index in [1.54, 1.807) is 0 Å². The Morgan fingerprint density at radius 2 is 2.56 bits per heavy atom. The van der Waals surface area contributed by atoms with Gasteiger partial charge in [-0.05, 0) is 25.2 Å². The van der Waals surface area contributed by atoms with Crippen molar-refractivity contribution in [2.45, 2.75) is 19.3 Å². The first-order valence-electron chi connectivity index (χ1n) is 3.62. The van der Waals surface area contributed by atoms with Crippen LogP contribution in [-0.2, 0) is 4.74 Å². The molecular formula is C8H14O. The third-order valence-corrected chi connectivity index (χ3v) is 1.80. The number of hydrogen-bond acceptors (Lipinski definition) is 1. The Kier molecular flexibility index (Phi) is 2.78. The fraction of sp³-hybridized carbons (Fsp3) is 0.750. The first kappa shape index (κ1) is 6.81. The van der Waals surface area contributed by atoms with Crippen molar-refractivity contribution in [2.75, 3.05) is 13.2 Å². The quantitative estimate of drug-likeness (QED) is 0.525. The van der Waals surface area contributed by atoms with Crippen LogP contribution in [0.4, 0.5) is 0 Å². The monoisotopic (exact) mass is 126 g/mol. The third kappa shape index (κ3) is 2.19. The predicted molar refractivity (Wildman–Crippen MR) is 38.4 cm³/mol. The summed E-state index contributed by atoms with van der Waals surface area (Å²) in [6.07, 6.45) is 5.66. The molecule has 0 N–H and O–H groups in total. The summed E-state index contributed by atoms with van der Waals surface area (Å²) in [5, 5.41) is 0. The normalized spacial score (nSPS) is 26.4. The molecule has 1 fully saturated rings. The molecule has 0 aromatic rings. The van der Waals surface area contributed by atoms with E-state index in [2.05, 4.69) is 6.58 Å². The Bertz CT molecular complexity index is 82.6. The van der Waals surface area contributed by atoms with Crippen molar-refractivity contribution in [2.24, 2.45) is 5.92 Å². The third-order valence-electron chi connectivity index (χ3n) is 1.80. The number of hydrogen-bond donors (Lipinski definition) is 0. The van der Waals surface area contributed by atoms with Crippen LogP contribution in [0.3, 0.4) is 0 Å². The van der Waals surface area contributed by atoms with Crippen molar-refractivity contribution in [1.82, 2.24) is 0 Å². The largest absolute Gasteiger partial charge is 0.381 e. The van der Waals surface area contributed by atoms with Crippen LogP contribution in [0.5, 0.6) is 0 Å². The highest BCUT2D eigenvalue weighted by Crippen LogP contribution is 2.17. The zero-order chi connectivity index (χ0) is 6.53. The van der Waals surface area contributed by atoms with Gasteiger partial charge in [0.2, 0.25) is 0 Å². The van der Waals surface area contributed by atoms with Gasteiger partial charge in [-0.25, -0.2) is 0 Å². The first-order valence-corrected chi connectivity index (χ1v) is 3.62. The molecule has 1 aliphatic heterocycles. The summed E-state index contributed by atoms with van der Waals surface area (Å²) in [6.45, 7) is 5.63. The van der Waals surface area contributed by atoms with E-state index in [4.69, 9.17) is 4.74 Å². The second kappa shape index (κ2) is 3.67. The summed E-state index contributed by atoms with van der Waals surface area (Å²) in [7, 11) is 0. The second-order valence-electron chi connectivity index (χ2n) is 2.60. The van der Waals surface area contributed by atoms with Gasteiger partial charge in [-0.15, -0.1) is 6.58 Å². The van der Waals surface area contributed by atoms with E-state index in [1.807, 2.05) is 6.08 Å². The number of allylic oxidation sites excluding steroid dienone is 1. The molecule has 0 saturated carbocycles. The van der Waals surface area contributed by atoms with Crippen LogP contribution in [-0.4, -0.2) is 13.2 Å². The van der Waals surface area contributed by atoms with Crippen molar-refractivity contribution in [3.8, 4) is 0 Å². The maximum Gasteiger partial charge on any atom is 0.0495 e. The predicted octanol–water partition coefficient (Wildman–Crippen LogP) is 1.99. The minimum absolute atomic E-state index is 0.822. The Balaban J connectivity index is 2.04. The molecule has 1 nitrogen and oxygen atoms in total. The van der Waals surface area contributed by atoms with Gasteiger partial charge in [0, 0.05) is 13.2 Å². The zero-order valence-electron chi connectivity index (χ0n) is 5.81. The van der Waals surface area contributed by atoms with E-state index in [-0.39, 0.29) is 0 Å². The van der Waals surface area contributed by atoms with Crippen LogP contribution >= 0.6 is 0 Å².